The van der Waals surface area contributed by atoms with Crippen LogP contribution in [0.3, 0.4) is 0 Å². The fourth-order valence-electron chi connectivity index (χ4n) is 4.40. The number of carbonyl (C=O) groups excluding carboxylic acids is 1. The molecule has 188 valence electrons. The summed E-state index contributed by atoms with van der Waals surface area (Å²) in [4.78, 5) is 18.1. The first-order valence-corrected chi connectivity index (χ1v) is 14.6. The summed E-state index contributed by atoms with van der Waals surface area (Å²) in [6.07, 6.45) is 3.59. The van der Waals surface area contributed by atoms with Crippen molar-refractivity contribution in [2.45, 2.75) is 57.0 Å². The first-order valence-electron chi connectivity index (χ1n) is 11.9. The van der Waals surface area contributed by atoms with E-state index in [0.717, 1.165) is 35.9 Å². The molecule has 1 unspecified atom stereocenters. The maximum Gasteiger partial charge on any atom is 0.279 e. The molecule has 0 spiro atoms. The van der Waals surface area contributed by atoms with Gasteiger partial charge in [0.05, 0.1) is 21.7 Å². The van der Waals surface area contributed by atoms with Gasteiger partial charge in [-0.05, 0) is 68.7 Å². The third-order valence-electron chi connectivity index (χ3n) is 6.26. The zero-order valence-electron chi connectivity index (χ0n) is 19.9. The van der Waals surface area contributed by atoms with E-state index >= 15 is 0 Å². The molecule has 0 bridgehead atoms. The lowest BCUT2D eigenvalue weighted by molar-refractivity contribution is 0.0996. The summed E-state index contributed by atoms with van der Waals surface area (Å²) in [6.45, 7) is 6.13. The van der Waals surface area contributed by atoms with Crippen molar-refractivity contribution in [3.63, 3.8) is 0 Å². The van der Waals surface area contributed by atoms with Crippen molar-refractivity contribution < 1.29 is 17.9 Å². The maximum atomic E-state index is 13.2. The molecule has 1 atom stereocenters. The van der Waals surface area contributed by atoms with E-state index in [4.69, 9.17) is 16.3 Å². The summed E-state index contributed by atoms with van der Waals surface area (Å²) in [5.74, 6) is -0.429. The Morgan fingerprint density at radius 2 is 1.94 bits per heavy atom. The van der Waals surface area contributed by atoms with Crippen LogP contribution in [0, 0.1) is 0 Å². The highest BCUT2D eigenvalue weighted by atomic mass is 35.5. The number of rotatable bonds is 8. The summed E-state index contributed by atoms with van der Waals surface area (Å²) in [7, 11) is -3.60. The standard InChI is InChI=1S/C25H30ClN3O4S2/c1-3-20-7-5-6-14-29(20)35(31,32)21-11-8-18(9-12-21)24(30)27-25-28(15-16-33-4-2)22-13-10-19(26)17-23(22)34-25/h8-13,17,20H,3-7,14-16H2,1-2H3. The fraction of sp³-hybridized carbons (Fsp3) is 0.440. The average Bonchev–Trinajstić information content (AvgIpc) is 3.19. The molecule has 7 nitrogen and oxygen atoms in total. The largest absolute Gasteiger partial charge is 0.380 e. The van der Waals surface area contributed by atoms with E-state index in [1.54, 1.807) is 16.4 Å². The van der Waals surface area contributed by atoms with Crippen LogP contribution >= 0.6 is 22.9 Å². The molecule has 0 aliphatic carbocycles. The van der Waals surface area contributed by atoms with Gasteiger partial charge in [0.2, 0.25) is 10.0 Å². The fourth-order valence-corrected chi connectivity index (χ4v) is 7.50. The van der Waals surface area contributed by atoms with Gasteiger partial charge in [0.1, 0.15) is 0 Å². The zero-order chi connectivity index (χ0) is 25.0. The molecule has 2 heterocycles. The van der Waals surface area contributed by atoms with Gasteiger partial charge < -0.3 is 9.30 Å². The van der Waals surface area contributed by atoms with Crippen LogP contribution in [0.1, 0.15) is 49.9 Å². The summed E-state index contributed by atoms with van der Waals surface area (Å²) in [5.41, 5.74) is 1.26. The zero-order valence-corrected chi connectivity index (χ0v) is 22.3. The molecule has 10 heteroatoms. The van der Waals surface area contributed by atoms with Gasteiger partial charge in [-0.2, -0.15) is 9.30 Å². The Labute approximate surface area is 215 Å². The summed E-state index contributed by atoms with van der Waals surface area (Å²) < 4.78 is 36.4. The monoisotopic (exact) mass is 535 g/mol. The van der Waals surface area contributed by atoms with Crippen molar-refractivity contribution in [2.24, 2.45) is 4.99 Å². The molecular weight excluding hydrogens is 506 g/mol. The first kappa shape index (κ1) is 26.0. The Morgan fingerprint density at radius 1 is 1.17 bits per heavy atom. The lowest BCUT2D eigenvalue weighted by Crippen LogP contribution is -2.43. The van der Waals surface area contributed by atoms with E-state index in [-0.39, 0.29) is 10.9 Å². The highest BCUT2D eigenvalue weighted by Crippen LogP contribution is 2.27. The van der Waals surface area contributed by atoms with Crippen molar-refractivity contribution in [2.75, 3.05) is 19.8 Å². The molecule has 1 saturated heterocycles. The molecule has 35 heavy (non-hydrogen) atoms. The molecule has 1 aliphatic rings. The molecule has 1 fully saturated rings. The number of halogens is 1. The summed E-state index contributed by atoms with van der Waals surface area (Å²) >= 11 is 7.54. The lowest BCUT2D eigenvalue weighted by Gasteiger charge is -2.34. The van der Waals surface area contributed by atoms with E-state index in [9.17, 15) is 13.2 Å². The number of fused-ring (bicyclic) bond motifs is 1. The van der Waals surface area contributed by atoms with Crippen molar-refractivity contribution in [1.29, 1.82) is 0 Å². The number of carbonyl (C=O) groups is 1. The van der Waals surface area contributed by atoms with Crippen LogP contribution < -0.4 is 4.80 Å². The predicted molar refractivity (Wildman–Crippen MR) is 139 cm³/mol. The molecule has 0 radical (unpaired) electrons. The van der Waals surface area contributed by atoms with Gasteiger partial charge in [-0.25, -0.2) is 8.42 Å². The number of amides is 1. The molecule has 0 N–H and O–H groups in total. The van der Waals surface area contributed by atoms with Gasteiger partial charge >= 0.3 is 0 Å². The second-order valence-corrected chi connectivity index (χ2v) is 11.8. The molecule has 0 saturated carbocycles. The maximum absolute atomic E-state index is 13.2. The minimum absolute atomic E-state index is 0.0265. The molecule has 1 aromatic heterocycles. The highest BCUT2D eigenvalue weighted by molar-refractivity contribution is 7.89. The third kappa shape index (κ3) is 5.70. The van der Waals surface area contributed by atoms with E-state index < -0.39 is 15.9 Å². The van der Waals surface area contributed by atoms with Crippen LogP contribution in [0.25, 0.3) is 10.2 Å². The van der Waals surface area contributed by atoms with Crippen LogP contribution in [0.4, 0.5) is 0 Å². The van der Waals surface area contributed by atoms with E-state index in [2.05, 4.69) is 4.99 Å². The summed E-state index contributed by atoms with van der Waals surface area (Å²) in [5, 5.41) is 0.615. The number of hydrogen-bond acceptors (Lipinski definition) is 5. The van der Waals surface area contributed by atoms with Crippen molar-refractivity contribution in [3.8, 4) is 0 Å². The van der Waals surface area contributed by atoms with Gasteiger partial charge in [0.25, 0.3) is 5.91 Å². The topological polar surface area (TPSA) is 81.0 Å². The van der Waals surface area contributed by atoms with Crippen LogP contribution in [0.2, 0.25) is 5.02 Å². The predicted octanol–water partition coefficient (Wildman–Crippen LogP) is 5.09. The Kier molecular flexibility index (Phi) is 8.44. The second-order valence-electron chi connectivity index (χ2n) is 8.46. The first-order chi connectivity index (χ1) is 16.8. The molecule has 3 aromatic rings. The van der Waals surface area contributed by atoms with Gasteiger partial charge in [-0.3, -0.25) is 4.79 Å². The minimum Gasteiger partial charge on any atom is -0.380 e. The van der Waals surface area contributed by atoms with Gasteiger partial charge in [0, 0.05) is 36.3 Å². The molecule has 2 aromatic carbocycles. The Bertz CT molecular complexity index is 1360. The quantitative estimate of drug-likeness (QED) is 0.376. The van der Waals surface area contributed by atoms with Crippen LogP contribution in [0.15, 0.2) is 52.4 Å². The van der Waals surface area contributed by atoms with Crippen LogP contribution in [-0.4, -0.2) is 49.0 Å². The lowest BCUT2D eigenvalue weighted by atomic mass is 10.0. The van der Waals surface area contributed by atoms with Crippen LogP contribution in [-0.2, 0) is 21.3 Å². The number of hydrogen-bond donors (Lipinski definition) is 0. The Morgan fingerprint density at radius 3 is 2.66 bits per heavy atom. The van der Waals surface area contributed by atoms with Gasteiger partial charge in [0.15, 0.2) is 4.80 Å². The number of benzene rings is 2. The van der Waals surface area contributed by atoms with Gasteiger partial charge in [-0.1, -0.05) is 36.3 Å². The molecule has 1 aliphatic heterocycles. The van der Waals surface area contributed by atoms with Gasteiger partial charge in [-0.15, -0.1) is 0 Å². The number of ether oxygens (including phenoxy) is 1. The number of nitrogens with zero attached hydrogens (tertiary/aromatic N) is 3. The SMILES string of the molecule is CCOCCn1c(=NC(=O)c2ccc(S(=O)(=O)N3CCCCC3CC)cc2)sc2cc(Cl)ccc21. The Hall–Kier alpha value is -2.04. The van der Waals surface area contributed by atoms with E-state index in [1.807, 2.05) is 36.6 Å². The molecular formula is C25H30ClN3O4S2. The number of aromatic nitrogens is 1. The number of thiazole rings is 1. The van der Waals surface area contributed by atoms with Crippen molar-refractivity contribution in [1.82, 2.24) is 8.87 Å². The highest BCUT2D eigenvalue weighted by Gasteiger charge is 2.32. The average molecular weight is 536 g/mol. The smallest absolute Gasteiger partial charge is 0.279 e. The number of sulfonamides is 1. The van der Waals surface area contributed by atoms with E-state index in [1.165, 1.54) is 23.5 Å². The Balaban J connectivity index is 1.63. The second kappa shape index (κ2) is 11.3. The number of piperidine rings is 1. The normalized spacial score (nSPS) is 17.8. The van der Waals surface area contributed by atoms with E-state index in [0.29, 0.717) is 41.7 Å². The molecule has 4 rings (SSSR count). The summed E-state index contributed by atoms with van der Waals surface area (Å²) in [6, 6.07) is 11.7. The van der Waals surface area contributed by atoms with Crippen molar-refractivity contribution >= 4 is 49.1 Å². The van der Waals surface area contributed by atoms with Crippen molar-refractivity contribution in [3.05, 3.63) is 57.9 Å². The third-order valence-corrected chi connectivity index (χ3v) is 9.50. The molecule has 1 amide bonds. The minimum atomic E-state index is -3.60. The van der Waals surface area contributed by atoms with Crippen LogP contribution in [0.5, 0.6) is 0 Å².